The van der Waals surface area contributed by atoms with Gasteiger partial charge >= 0.3 is 5.69 Å². The molecular formula is C18H23N5O3. The molecule has 4 bridgehead atoms. The van der Waals surface area contributed by atoms with Gasteiger partial charge in [0.25, 0.3) is 0 Å². The number of nitrogens with zero attached hydrogens (tertiary/aromatic N) is 5. The molecule has 0 saturated heterocycles. The molecule has 6 rings (SSSR count). The van der Waals surface area contributed by atoms with Crippen LogP contribution in [-0.2, 0) is 19.4 Å². The average molecular weight is 357 g/mol. The lowest BCUT2D eigenvalue weighted by molar-refractivity contribution is -0.385. The predicted octanol–water partition coefficient (Wildman–Crippen LogP) is 3.18. The molecule has 0 radical (unpaired) electrons. The molecule has 0 atom stereocenters. The van der Waals surface area contributed by atoms with E-state index < -0.39 is 4.92 Å². The highest BCUT2D eigenvalue weighted by Crippen LogP contribution is 2.60. The van der Waals surface area contributed by atoms with Gasteiger partial charge in [-0.25, -0.2) is 0 Å². The Bertz CT molecular complexity index is 791. The maximum atomic E-state index is 10.7. The zero-order valence-corrected chi connectivity index (χ0v) is 14.7. The van der Waals surface area contributed by atoms with Crippen LogP contribution in [0.25, 0.3) is 0 Å². The minimum atomic E-state index is -0.445. The van der Waals surface area contributed by atoms with E-state index in [0.717, 1.165) is 30.1 Å². The molecule has 8 nitrogen and oxygen atoms in total. The normalized spacial score (nSPS) is 32.2. The minimum absolute atomic E-state index is 0.00182. The van der Waals surface area contributed by atoms with Crippen molar-refractivity contribution in [1.29, 1.82) is 0 Å². The molecule has 4 fully saturated rings. The molecule has 0 spiro atoms. The van der Waals surface area contributed by atoms with Crippen molar-refractivity contribution in [3.05, 3.63) is 34.3 Å². The summed E-state index contributed by atoms with van der Waals surface area (Å²) >= 11 is 0. The van der Waals surface area contributed by atoms with Gasteiger partial charge in [-0.05, 0) is 61.7 Å². The van der Waals surface area contributed by atoms with E-state index in [1.807, 2.05) is 0 Å². The average Bonchev–Trinajstić information content (AvgIpc) is 3.20. The van der Waals surface area contributed by atoms with Crippen LogP contribution >= 0.6 is 0 Å². The molecule has 0 amide bonds. The third kappa shape index (κ3) is 2.91. The van der Waals surface area contributed by atoms with E-state index in [0.29, 0.717) is 24.3 Å². The lowest BCUT2D eigenvalue weighted by Gasteiger charge is -2.56. The van der Waals surface area contributed by atoms with Crippen LogP contribution in [0.15, 0.2) is 16.8 Å². The van der Waals surface area contributed by atoms with Gasteiger partial charge in [-0.2, -0.15) is 5.10 Å². The Balaban J connectivity index is 1.22. The monoisotopic (exact) mass is 357 g/mol. The van der Waals surface area contributed by atoms with Crippen LogP contribution in [0.4, 0.5) is 5.69 Å². The Morgan fingerprint density at radius 2 is 1.81 bits per heavy atom. The molecule has 0 aromatic carbocycles. The zero-order valence-electron chi connectivity index (χ0n) is 14.7. The number of aromatic nitrogens is 4. The fourth-order valence-electron chi connectivity index (χ4n) is 6.07. The van der Waals surface area contributed by atoms with Crippen LogP contribution in [0.2, 0.25) is 0 Å². The second kappa shape index (κ2) is 5.89. The molecule has 0 aliphatic heterocycles. The van der Waals surface area contributed by atoms with Gasteiger partial charge in [0.2, 0.25) is 11.8 Å². The summed E-state index contributed by atoms with van der Waals surface area (Å²) in [7, 11) is 0. The van der Waals surface area contributed by atoms with Crippen LogP contribution in [0, 0.1) is 33.3 Å². The van der Waals surface area contributed by atoms with Crippen molar-refractivity contribution >= 4 is 5.69 Å². The van der Waals surface area contributed by atoms with Crippen LogP contribution in [0.3, 0.4) is 0 Å². The molecule has 4 aliphatic rings. The van der Waals surface area contributed by atoms with E-state index in [9.17, 15) is 10.1 Å². The molecular weight excluding hydrogens is 334 g/mol. The first-order chi connectivity index (χ1) is 12.6. The third-order valence-electron chi connectivity index (χ3n) is 6.59. The second-order valence-electron chi connectivity index (χ2n) is 8.65. The third-order valence-corrected chi connectivity index (χ3v) is 6.59. The van der Waals surface area contributed by atoms with Crippen molar-refractivity contribution in [3.8, 4) is 0 Å². The largest absolute Gasteiger partial charge is 0.425 e. The molecule has 2 heterocycles. The van der Waals surface area contributed by atoms with Gasteiger partial charge in [0.05, 0.1) is 4.92 Å². The lowest BCUT2D eigenvalue weighted by Crippen LogP contribution is -2.47. The van der Waals surface area contributed by atoms with Crippen LogP contribution in [0.5, 0.6) is 0 Å². The lowest BCUT2D eigenvalue weighted by atomic mass is 9.49. The molecule has 4 saturated carbocycles. The minimum Gasteiger partial charge on any atom is -0.425 e. The molecule has 4 aliphatic carbocycles. The van der Waals surface area contributed by atoms with Gasteiger partial charge in [0.1, 0.15) is 12.4 Å². The summed E-state index contributed by atoms with van der Waals surface area (Å²) in [6.07, 6.45) is 12.4. The van der Waals surface area contributed by atoms with Crippen molar-refractivity contribution < 1.29 is 9.34 Å². The Labute approximate surface area is 151 Å². The van der Waals surface area contributed by atoms with Crippen molar-refractivity contribution in [2.45, 2.75) is 57.9 Å². The molecule has 2 aromatic heterocycles. The standard InChI is InChI=1S/C18H23N5O3/c24-23(25)15-10-19-22(11-15)2-1-16-20-21-17(26-16)9-18-6-12-3-13(7-18)5-14(4-12)8-18/h10-14H,1-9H2. The van der Waals surface area contributed by atoms with Gasteiger partial charge in [0, 0.05) is 19.4 Å². The summed E-state index contributed by atoms with van der Waals surface area (Å²) in [4.78, 5) is 10.3. The highest BCUT2D eigenvalue weighted by Gasteiger charge is 2.51. The summed E-state index contributed by atoms with van der Waals surface area (Å²) in [5, 5.41) is 23.2. The fraction of sp³-hybridized carbons (Fsp3) is 0.722. The topological polar surface area (TPSA) is 99.9 Å². The predicted molar refractivity (Wildman–Crippen MR) is 91.2 cm³/mol. The van der Waals surface area contributed by atoms with Crippen LogP contribution < -0.4 is 0 Å². The van der Waals surface area contributed by atoms with Gasteiger partial charge < -0.3 is 4.42 Å². The highest BCUT2D eigenvalue weighted by atomic mass is 16.6. The number of hydrogen-bond donors (Lipinski definition) is 0. The van der Waals surface area contributed by atoms with E-state index in [-0.39, 0.29) is 5.69 Å². The summed E-state index contributed by atoms with van der Waals surface area (Å²) in [6, 6.07) is 0. The van der Waals surface area contributed by atoms with Gasteiger partial charge in [-0.15, -0.1) is 10.2 Å². The Hall–Kier alpha value is -2.25. The fourth-order valence-corrected chi connectivity index (χ4v) is 6.07. The SMILES string of the molecule is O=[N+]([O-])c1cnn(CCc2nnc(CC34CC5CC(CC(C5)C3)C4)o2)c1. The van der Waals surface area contributed by atoms with Gasteiger partial charge in [-0.3, -0.25) is 14.8 Å². The van der Waals surface area contributed by atoms with Gasteiger partial charge in [0.15, 0.2) is 0 Å². The van der Waals surface area contributed by atoms with E-state index in [2.05, 4.69) is 15.3 Å². The summed E-state index contributed by atoms with van der Waals surface area (Å²) < 4.78 is 7.44. The van der Waals surface area contributed by atoms with Crippen molar-refractivity contribution in [3.63, 3.8) is 0 Å². The molecule has 0 N–H and O–H groups in total. The molecule has 2 aromatic rings. The maximum Gasteiger partial charge on any atom is 0.306 e. The van der Waals surface area contributed by atoms with Crippen LogP contribution in [0.1, 0.15) is 50.3 Å². The van der Waals surface area contributed by atoms with Crippen molar-refractivity contribution in [2.24, 2.45) is 23.2 Å². The maximum absolute atomic E-state index is 10.7. The number of aryl methyl sites for hydroxylation is 2. The number of rotatable bonds is 6. The molecule has 26 heavy (non-hydrogen) atoms. The second-order valence-corrected chi connectivity index (χ2v) is 8.65. The van der Waals surface area contributed by atoms with Gasteiger partial charge in [-0.1, -0.05) is 0 Å². The van der Waals surface area contributed by atoms with E-state index in [1.165, 1.54) is 50.9 Å². The Kier molecular flexibility index (Phi) is 3.62. The summed E-state index contributed by atoms with van der Waals surface area (Å²) in [5.41, 5.74) is 0.388. The van der Waals surface area contributed by atoms with Crippen molar-refractivity contribution in [1.82, 2.24) is 20.0 Å². The Morgan fingerprint density at radius 3 is 2.42 bits per heavy atom. The first-order valence-electron chi connectivity index (χ1n) is 9.55. The smallest absolute Gasteiger partial charge is 0.306 e. The Morgan fingerprint density at radius 1 is 1.15 bits per heavy atom. The highest BCUT2D eigenvalue weighted by molar-refractivity contribution is 5.20. The number of nitro groups is 1. The summed E-state index contributed by atoms with van der Waals surface area (Å²) in [6.45, 7) is 0.493. The van der Waals surface area contributed by atoms with E-state index >= 15 is 0 Å². The van der Waals surface area contributed by atoms with E-state index in [4.69, 9.17) is 4.42 Å². The quantitative estimate of drug-likeness (QED) is 0.581. The van der Waals surface area contributed by atoms with Crippen molar-refractivity contribution in [2.75, 3.05) is 0 Å². The summed E-state index contributed by atoms with van der Waals surface area (Å²) in [5.74, 6) is 4.09. The molecule has 138 valence electrons. The first-order valence-corrected chi connectivity index (χ1v) is 9.55. The first kappa shape index (κ1) is 16.0. The van der Waals surface area contributed by atoms with Crippen LogP contribution in [-0.4, -0.2) is 24.9 Å². The zero-order chi connectivity index (χ0) is 17.7. The molecule has 0 unspecified atom stereocenters. The van der Waals surface area contributed by atoms with E-state index in [1.54, 1.807) is 4.68 Å². The number of hydrogen-bond acceptors (Lipinski definition) is 6. The molecule has 8 heteroatoms.